The Bertz CT molecular complexity index is 1220. The fourth-order valence-electron chi connectivity index (χ4n) is 4.68. The van der Waals surface area contributed by atoms with Crippen LogP contribution >= 0.6 is 0 Å². The average Bonchev–Trinajstić information content (AvgIpc) is 3.32. The lowest BCUT2D eigenvalue weighted by molar-refractivity contribution is 0.0839. The molecule has 200 valence electrons. The molecule has 0 radical (unpaired) electrons. The number of amides is 1. The lowest BCUT2D eigenvalue weighted by atomic mass is 9.83. The van der Waals surface area contributed by atoms with Gasteiger partial charge in [0.05, 0.1) is 31.4 Å². The van der Waals surface area contributed by atoms with Gasteiger partial charge in [0.2, 0.25) is 0 Å². The molecule has 0 saturated carbocycles. The molecule has 1 fully saturated rings. The first-order valence-electron chi connectivity index (χ1n) is 12.4. The number of nitrogens with one attached hydrogen (secondary N) is 2. The van der Waals surface area contributed by atoms with Crippen molar-refractivity contribution in [3.63, 3.8) is 0 Å². The summed E-state index contributed by atoms with van der Waals surface area (Å²) in [7, 11) is 3.24. The number of nitrogens with zero attached hydrogens (tertiary/aromatic N) is 5. The normalized spacial score (nSPS) is 19.5. The molecule has 3 aromatic rings. The molecule has 3 aromatic heterocycles. The maximum Gasteiger partial charge on any atom is 0.319 e. The van der Waals surface area contributed by atoms with E-state index >= 15 is 0 Å². The number of aromatic amines is 1. The Balaban J connectivity index is 1.59. The maximum atomic E-state index is 12.8. The van der Waals surface area contributed by atoms with Crippen LogP contribution < -0.4 is 19.7 Å². The van der Waals surface area contributed by atoms with Crippen LogP contribution in [-0.2, 0) is 4.74 Å². The van der Waals surface area contributed by atoms with Gasteiger partial charge in [0.1, 0.15) is 23.4 Å². The first-order valence-corrected chi connectivity index (χ1v) is 12.4. The van der Waals surface area contributed by atoms with Gasteiger partial charge < -0.3 is 29.5 Å². The van der Waals surface area contributed by atoms with Crippen molar-refractivity contribution in [1.82, 2.24) is 30.5 Å². The minimum Gasteiger partial charge on any atom is -0.496 e. The number of aliphatic hydroxyl groups excluding tert-OH is 1. The van der Waals surface area contributed by atoms with E-state index in [-0.39, 0.29) is 36.3 Å². The van der Waals surface area contributed by atoms with Crippen LogP contribution in [0.2, 0.25) is 0 Å². The number of carbonyl (C=O) groups excluding carboxylic acids is 1. The lowest BCUT2D eigenvalue weighted by Crippen LogP contribution is -2.40. The minimum absolute atomic E-state index is 0.104. The van der Waals surface area contributed by atoms with Crippen molar-refractivity contribution >= 4 is 22.8 Å². The van der Waals surface area contributed by atoms with E-state index < -0.39 is 11.9 Å². The molecule has 12 heteroatoms. The van der Waals surface area contributed by atoms with Crippen molar-refractivity contribution in [1.29, 1.82) is 0 Å². The number of fused-ring (bicyclic) bond motifs is 1. The fourth-order valence-corrected chi connectivity index (χ4v) is 4.68. The summed E-state index contributed by atoms with van der Waals surface area (Å²) in [6.45, 7) is 7.31. The Morgan fingerprint density at radius 1 is 1.32 bits per heavy atom. The molecule has 1 amide bonds. The van der Waals surface area contributed by atoms with Crippen molar-refractivity contribution in [3.05, 3.63) is 29.7 Å². The third kappa shape index (κ3) is 5.91. The molecule has 1 aliphatic rings. The van der Waals surface area contributed by atoms with Crippen molar-refractivity contribution < 1.29 is 24.1 Å². The summed E-state index contributed by atoms with van der Waals surface area (Å²) in [6.07, 6.45) is 2.23. The Morgan fingerprint density at radius 3 is 2.84 bits per heavy atom. The van der Waals surface area contributed by atoms with E-state index in [1.54, 1.807) is 33.4 Å². The number of hydrogen-bond acceptors (Lipinski definition) is 10. The molecule has 1 aliphatic heterocycles. The molecule has 12 nitrogen and oxygen atoms in total. The van der Waals surface area contributed by atoms with Crippen LogP contribution in [0.3, 0.4) is 0 Å². The van der Waals surface area contributed by atoms with Gasteiger partial charge in [-0.3, -0.25) is 9.89 Å². The van der Waals surface area contributed by atoms with Gasteiger partial charge in [0.25, 0.3) is 5.91 Å². The predicted octanol–water partition coefficient (Wildman–Crippen LogP) is 1.91. The highest BCUT2D eigenvalue weighted by Crippen LogP contribution is 2.39. The third-order valence-electron chi connectivity index (χ3n) is 6.54. The monoisotopic (exact) mass is 513 g/mol. The lowest BCUT2D eigenvalue weighted by Gasteiger charge is -2.37. The maximum absolute atomic E-state index is 12.8. The molecule has 3 N–H and O–H groups in total. The smallest absolute Gasteiger partial charge is 0.319 e. The molecule has 0 aliphatic carbocycles. The number of carbonyl (C=O) groups is 1. The Labute approximate surface area is 215 Å². The van der Waals surface area contributed by atoms with E-state index in [1.165, 1.54) is 0 Å². The number of piperidine rings is 1. The van der Waals surface area contributed by atoms with Gasteiger partial charge in [-0.2, -0.15) is 15.1 Å². The predicted molar refractivity (Wildman–Crippen MR) is 137 cm³/mol. The Morgan fingerprint density at radius 2 is 2.14 bits per heavy atom. The summed E-state index contributed by atoms with van der Waals surface area (Å²) >= 11 is 0. The zero-order chi connectivity index (χ0) is 26.5. The van der Waals surface area contributed by atoms with E-state index in [0.29, 0.717) is 31.2 Å². The van der Waals surface area contributed by atoms with Crippen LogP contribution in [-0.4, -0.2) is 88.8 Å². The largest absolute Gasteiger partial charge is 0.496 e. The highest BCUT2D eigenvalue weighted by molar-refractivity contribution is 5.93. The van der Waals surface area contributed by atoms with Crippen molar-refractivity contribution in [2.75, 3.05) is 45.4 Å². The standard InChI is InChI=1S/C25H35N7O5/c1-14-11-32(9-7-17(14)22-21-19(36-5)6-8-26-23(21)31-30-22)20-10-18(24(34)27-15(2)12-33)28-25(29-20)37-16(3)13-35-4/h6,8,10,14-17,33H,7,9,11-13H2,1-5H3,(H,27,34)(H,26,30,31)/t14-,15-,16-,17-/m1/s1. The molecule has 4 rings (SSSR count). The second kappa shape index (κ2) is 11.7. The molecule has 0 aromatic carbocycles. The molecule has 0 bridgehead atoms. The quantitative estimate of drug-likeness (QED) is 0.367. The second-order valence-corrected chi connectivity index (χ2v) is 9.50. The van der Waals surface area contributed by atoms with Gasteiger partial charge in [-0.05, 0) is 32.3 Å². The summed E-state index contributed by atoms with van der Waals surface area (Å²) < 4.78 is 16.6. The van der Waals surface area contributed by atoms with Gasteiger partial charge in [-0.25, -0.2) is 4.98 Å². The van der Waals surface area contributed by atoms with Crippen molar-refractivity contribution in [3.8, 4) is 11.8 Å². The summed E-state index contributed by atoms with van der Waals surface area (Å²) in [5, 5.41) is 20.6. The number of aromatic nitrogens is 5. The number of pyridine rings is 1. The van der Waals surface area contributed by atoms with Crippen molar-refractivity contribution in [2.24, 2.45) is 5.92 Å². The van der Waals surface area contributed by atoms with E-state index in [2.05, 4.69) is 42.3 Å². The molecule has 0 unspecified atom stereocenters. The van der Waals surface area contributed by atoms with Crippen LogP contribution in [0.25, 0.3) is 11.0 Å². The van der Waals surface area contributed by atoms with Crippen LogP contribution in [0.5, 0.6) is 11.8 Å². The summed E-state index contributed by atoms with van der Waals surface area (Å²) in [4.78, 5) is 28.3. The van der Waals surface area contributed by atoms with E-state index in [0.717, 1.165) is 23.3 Å². The van der Waals surface area contributed by atoms with Crippen LogP contribution in [0, 0.1) is 5.92 Å². The highest BCUT2D eigenvalue weighted by atomic mass is 16.5. The molecule has 4 heterocycles. The topological polar surface area (TPSA) is 148 Å². The molecule has 37 heavy (non-hydrogen) atoms. The number of anilines is 1. The number of aliphatic hydroxyl groups is 1. The van der Waals surface area contributed by atoms with Gasteiger partial charge >= 0.3 is 6.01 Å². The summed E-state index contributed by atoms with van der Waals surface area (Å²) in [6, 6.07) is 3.21. The fraction of sp³-hybridized carbons (Fsp3) is 0.560. The van der Waals surface area contributed by atoms with E-state index in [9.17, 15) is 9.90 Å². The first-order chi connectivity index (χ1) is 17.8. The number of rotatable bonds is 10. The Hall–Kier alpha value is -3.51. The highest BCUT2D eigenvalue weighted by Gasteiger charge is 2.32. The third-order valence-corrected chi connectivity index (χ3v) is 6.54. The minimum atomic E-state index is -0.409. The van der Waals surface area contributed by atoms with Gasteiger partial charge in [0.15, 0.2) is 5.65 Å². The zero-order valence-corrected chi connectivity index (χ0v) is 21.9. The van der Waals surface area contributed by atoms with Gasteiger partial charge in [-0.1, -0.05) is 6.92 Å². The number of ether oxygens (including phenoxy) is 3. The summed E-state index contributed by atoms with van der Waals surface area (Å²) in [5.74, 6) is 1.37. The molecule has 4 atom stereocenters. The van der Waals surface area contributed by atoms with Crippen LogP contribution in [0.1, 0.15) is 49.3 Å². The van der Waals surface area contributed by atoms with Crippen molar-refractivity contribution in [2.45, 2.75) is 45.3 Å². The second-order valence-electron chi connectivity index (χ2n) is 9.50. The van der Waals surface area contributed by atoms with Gasteiger partial charge in [0, 0.05) is 44.4 Å². The molecular weight excluding hydrogens is 478 g/mol. The van der Waals surface area contributed by atoms with Gasteiger partial charge in [-0.15, -0.1) is 0 Å². The number of hydrogen-bond donors (Lipinski definition) is 3. The van der Waals surface area contributed by atoms with Crippen LogP contribution in [0.15, 0.2) is 18.3 Å². The first kappa shape index (κ1) is 26.6. The number of H-pyrrole nitrogens is 1. The summed E-state index contributed by atoms with van der Waals surface area (Å²) in [5.41, 5.74) is 1.83. The number of methoxy groups -OCH3 is 2. The molecular formula is C25H35N7O5. The molecule has 1 saturated heterocycles. The molecule has 0 spiro atoms. The average molecular weight is 514 g/mol. The zero-order valence-electron chi connectivity index (χ0n) is 21.9. The SMILES string of the molecule is COC[C@@H](C)Oc1nc(C(=O)N[C@H](C)CO)cc(N2CC[C@@H](c3n[nH]c4nccc(OC)c34)[C@H](C)C2)n1. The van der Waals surface area contributed by atoms with E-state index in [1.807, 2.05) is 13.0 Å². The van der Waals surface area contributed by atoms with E-state index in [4.69, 9.17) is 14.2 Å². The van der Waals surface area contributed by atoms with Crippen LogP contribution in [0.4, 0.5) is 5.82 Å². The Kier molecular flexibility index (Phi) is 8.39.